The summed E-state index contributed by atoms with van der Waals surface area (Å²) in [6.45, 7) is 11.2. The van der Waals surface area contributed by atoms with E-state index in [2.05, 4.69) is 30.2 Å². The van der Waals surface area contributed by atoms with E-state index in [0.717, 1.165) is 0 Å². The lowest BCUT2D eigenvalue weighted by Gasteiger charge is -1.91. The molecule has 0 saturated carbocycles. The molecule has 0 unspecified atom stereocenters. The Hall–Kier alpha value is -1.27. The molecule has 0 N–H and O–H groups in total. The lowest BCUT2D eigenvalue weighted by atomic mass is 10.4. The average Bonchev–Trinajstić information content (AvgIpc) is 1.88. The van der Waals surface area contributed by atoms with Gasteiger partial charge in [-0.3, -0.25) is 0 Å². The van der Waals surface area contributed by atoms with Gasteiger partial charge in [0, 0.05) is 5.57 Å². The summed E-state index contributed by atoms with van der Waals surface area (Å²) in [6.07, 6.45) is 0. The zero-order valence-corrected chi connectivity index (χ0v) is 6.44. The third-order valence-corrected chi connectivity index (χ3v) is 0.534. The Balaban J connectivity index is 0. The monoisotopic (exact) mass is 140 g/mol. The maximum atomic E-state index is 10.2. The van der Waals surface area contributed by atoms with Crippen LogP contribution in [0.25, 0.3) is 0 Å². The summed E-state index contributed by atoms with van der Waals surface area (Å²) in [6, 6.07) is 0. The highest BCUT2D eigenvalue weighted by Crippen LogP contribution is 1.87. The molecular weight excluding hydrogens is 128 g/mol. The fraction of sp³-hybridized carbons (Fsp3) is 0.250. The number of rotatable bonds is 1. The summed E-state index contributed by atoms with van der Waals surface area (Å²) in [5.41, 5.74) is 2.68. The average molecular weight is 140 g/mol. The molecule has 0 spiro atoms. The van der Waals surface area contributed by atoms with Gasteiger partial charge in [0.1, 0.15) is 0 Å². The van der Waals surface area contributed by atoms with Crippen LogP contribution in [-0.2, 0) is 9.53 Å². The Morgan fingerprint density at radius 1 is 1.50 bits per heavy atom. The second-order valence-electron chi connectivity index (χ2n) is 1.52. The van der Waals surface area contributed by atoms with Crippen molar-refractivity contribution in [1.82, 2.24) is 0 Å². The third-order valence-electron chi connectivity index (χ3n) is 0.534. The van der Waals surface area contributed by atoms with Gasteiger partial charge in [0.25, 0.3) is 0 Å². The molecule has 2 heteroatoms. The minimum atomic E-state index is -0.347. The SMILES string of the molecule is C=C(C)C(=O)OC.C=C=C. The molecule has 0 aromatic heterocycles. The summed E-state index contributed by atoms with van der Waals surface area (Å²) >= 11 is 0. The molecule has 0 amide bonds. The Kier molecular flexibility index (Phi) is 8.90. The van der Waals surface area contributed by atoms with Crippen LogP contribution in [-0.4, -0.2) is 13.1 Å². The fourth-order valence-corrected chi connectivity index (χ4v) is 0.174. The van der Waals surface area contributed by atoms with Gasteiger partial charge in [-0.25, -0.2) is 4.79 Å². The number of hydrogen-bond donors (Lipinski definition) is 0. The van der Waals surface area contributed by atoms with Gasteiger partial charge in [-0.05, 0) is 6.92 Å². The highest BCUT2D eigenvalue weighted by Gasteiger charge is 1.95. The molecule has 0 radical (unpaired) electrons. The van der Waals surface area contributed by atoms with Crippen LogP contribution in [0.1, 0.15) is 6.92 Å². The van der Waals surface area contributed by atoms with Gasteiger partial charge in [0.2, 0.25) is 0 Å². The number of esters is 1. The molecular formula is C8H12O2. The number of carbonyl (C=O) groups is 1. The second kappa shape index (κ2) is 7.73. The first-order valence-corrected chi connectivity index (χ1v) is 2.63. The Morgan fingerprint density at radius 3 is 1.80 bits per heavy atom. The number of ether oxygens (including phenoxy) is 1. The molecule has 0 atom stereocenters. The summed E-state index contributed by atoms with van der Waals surface area (Å²) in [7, 11) is 1.33. The molecule has 0 aromatic carbocycles. The summed E-state index contributed by atoms with van der Waals surface area (Å²) in [5.74, 6) is -0.347. The van der Waals surface area contributed by atoms with E-state index in [0.29, 0.717) is 5.57 Å². The number of carbonyl (C=O) groups excluding carboxylic acids is 1. The van der Waals surface area contributed by atoms with Crippen LogP contribution in [0, 0.1) is 0 Å². The maximum absolute atomic E-state index is 10.2. The van der Waals surface area contributed by atoms with Crippen LogP contribution < -0.4 is 0 Å². The minimum absolute atomic E-state index is 0.347. The third kappa shape index (κ3) is 9.88. The largest absolute Gasteiger partial charge is 0.466 e. The number of methoxy groups -OCH3 is 1. The van der Waals surface area contributed by atoms with Gasteiger partial charge in [-0.15, -0.1) is 5.73 Å². The molecule has 0 aliphatic rings. The summed E-state index contributed by atoms with van der Waals surface area (Å²) in [4.78, 5) is 10.2. The van der Waals surface area contributed by atoms with E-state index in [4.69, 9.17) is 0 Å². The zero-order valence-electron chi connectivity index (χ0n) is 6.44. The van der Waals surface area contributed by atoms with Crippen LogP contribution in [0.15, 0.2) is 31.0 Å². The van der Waals surface area contributed by atoms with E-state index in [1.54, 1.807) is 6.92 Å². The molecule has 0 heterocycles. The van der Waals surface area contributed by atoms with E-state index in [1.165, 1.54) is 7.11 Å². The highest BCUT2D eigenvalue weighted by atomic mass is 16.5. The summed E-state index contributed by atoms with van der Waals surface area (Å²) in [5, 5.41) is 0. The van der Waals surface area contributed by atoms with E-state index in [9.17, 15) is 4.79 Å². The molecule has 0 aliphatic heterocycles. The lowest BCUT2D eigenvalue weighted by molar-refractivity contribution is -0.136. The minimum Gasteiger partial charge on any atom is -0.466 e. The number of hydrogen-bond acceptors (Lipinski definition) is 2. The van der Waals surface area contributed by atoms with Crippen molar-refractivity contribution in [2.75, 3.05) is 7.11 Å². The standard InChI is InChI=1S/C5H8O2.C3H4/c1-4(2)5(6)7-3;1-3-2/h1H2,2-3H3;1-2H2. The van der Waals surface area contributed by atoms with Crippen molar-refractivity contribution < 1.29 is 9.53 Å². The normalized spacial score (nSPS) is 6.20. The Bertz CT molecular complexity index is 151. The van der Waals surface area contributed by atoms with Gasteiger partial charge in [0.05, 0.1) is 7.11 Å². The highest BCUT2D eigenvalue weighted by molar-refractivity contribution is 5.86. The van der Waals surface area contributed by atoms with Crippen LogP contribution in [0.4, 0.5) is 0 Å². The predicted molar refractivity (Wildman–Crippen MR) is 41.6 cm³/mol. The van der Waals surface area contributed by atoms with Crippen molar-refractivity contribution >= 4 is 5.97 Å². The van der Waals surface area contributed by atoms with E-state index >= 15 is 0 Å². The van der Waals surface area contributed by atoms with Gasteiger partial charge >= 0.3 is 5.97 Å². The van der Waals surface area contributed by atoms with Crippen LogP contribution >= 0.6 is 0 Å². The fourth-order valence-electron chi connectivity index (χ4n) is 0.174. The van der Waals surface area contributed by atoms with Gasteiger partial charge < -0.3 is 4.74 Å². The molecule has 2 nitrogen and oxygen atoms in total. The van der Waals surface area contributed by atoms with E-state index < -0.39 is 0 Å². The second-order valence-corrected chi connectivity index (χ2v) is 1.52. The Labute approximate surface area is 61.5 Å². The molecule has 0 aromatic rings. The van der Waals surface area contributed by atoms with Crippen molar-refractivity contribution in [2.45, 2.75) is 6.92 Å². The van der Waals surface area contributed by atoms with E-state index in [-0.39, 0.29) is 5.97 Å². The summed E-state index contributed by atoms with van der Waals surface area (Å²) < 4.78 is 4.27. The van der Waals surface area contributed by atoms with Crippen LogP contribution in [0.2, 0.25) is 0 Å². The molecule has 0 aliphatic carbocycles. The zero-order chi connectivity index (χ0) is 8.57. The van der Waals surface area contributed by atoms with Gasteiger partial charge in [-0.2, -0.15) is 0 Å². The van der Waals surface area contributed by atoms with E-state index in [1.807, 2.05) is 0 Å². The molecule has 0 saturated heterocycles. The first-order valence-electron chi connectivity index (χ1n) is 2.63. The van der Waals surface area contributed by atoms with Crippen molar-refractivity contribution in [1.29, 1.82) is 0 Å². The molecule has 0 bridgehead atoms. The van der Waals surface area contributed by atoms with Crippen molar-refractivity contribution in [3.8, 4) is 0 Å². The maximum Gasteiger partial charge on any atom is 0.332 e. The Morgan fingerprint density at radius 2 is 1.80 bits per heavy atom. The predicted octanol–water partition coefficient (Wildman–Crippen LogP) is 1.69. The van der Waals surface area contributed by atoms with Gasteiger partial charge in [-0.1, -0.05) is 19.7 Å². The molecule has 0 rings (SSSR count). The molecule has 0 fully saturated rings. The van der Waals surface area contributed by atoms with Crippen molar-refractivity contribution in [3.05, 3.63) is 31.0 Å². The van der Waals surface area contributed by atoms with Crippen LogP contribution in [0.5, 0.6) is 0 Å². The molecule has 56 valence electrons. The lowest BCUT2D eigenvalue weighted by Crippen LogP contribution is -1.98. The van der Waals surface area contributed by atoms with Crippen LogP contribution in [0.3, 0.4) is 0 Å². The van der Waals surface area contributed by atoms with Crippen molar-refractivity contribution in [3.63, 3.8) is 0 Å². The quantitative estimate of drug-likeness (QED) is 0.315. The topological polar surface area (TPSA) is 26.3 Å². The van der Waals surface area contributed by atoms with Gasteiger partial charge in [0.15, 0.2) is 0 Å². The first-order chi connectivity index (χ1) is 4.59. The molecule has 10 heavy (non-hydrogen) atoms. The first kappa shape index (κ1) is 11.5. The van der Waals surface area contributed by atoms with Crippen molar-refractivity contribution in [2.24, 2.45) is 0 Å². The smallest absolute Gasteiger partial charge is 0.332 e.